The summed E-state index contributed by atoms with van der Waals surface area (Å²) in [7, 11) is 1.43. The molecular weight excluding hydrogens is 312 g/mol. The lowest BCUT2D eigenvalue weighted by Gasteiger charge is -2.14. The minimum Gasteiger partial charge on any atom is -0.480 e. The Kier molecular flexibility index (Phi) is 4.42. The van der Waals surface area contributed by atoms with Crippen LogP contribution in [0.15, 0.2) is 18.5 Å². The summed E-state index contributed by atoms with van der Waals surface area (Å²) in [6, 6.07) is 1.54. The molecule has 0 aromatic carbocycles. The molecule has 0 saturated carbocycles. The monoisotopic (exact) mass is 319 g/mol. The minimum absolute atomic E-state index is 0.00634. The van der Waals surface area contributed by atoms with Gasteiger partial charge in [-0.3, -0.25) is 4.98 Å². The summed E-state index contributed by atoms with van der Waals surface area (Å²) in [6.07, 6.45) is 1.60. The highest BCUT2D eigenvalue weighted by atomic mass is 35.5. The van der Waals surface area contributed by atoms with Crippen molar-refractivity contribution in [3.63, 3.8) is 0 Å². The van der Waals surface area contributed by atoms with E-state index >= 15 is 0 Å². The number of methoxy groups -OCH3 is 1. The zero-order chi connectivity index (χ0) is 14.0. The third-order valence-corrected chi connectivity index (χ3v) is 3.20. The highest BCUT2D eigenvalue weighted by Crippen LogP contribution is 2.34. The molecule has 1 unspecified atom stereocenters. The van der Waals surface area contributed by atoms with Gasteiger partial charge in [-0.25, -0.2) is 9.97 Å². The van der Waals surface area contributed by atoms with Crippen molar-refractivity contribution in [2.45, 2.75) is 6.10 Å². The molecule has 100 valence electrons. The van der Waals surface area contributed by atoms with Crippen LogP contribution in [0.4, 0.5) is 0 Å². The first kappa shape index (κ1) is 14.3. The number of aliphatic hydroxyl groups is 1. The van der Waals surface area contributed by atoms with Gasteiger partial charge in [-0.1, -0.05) is 34.8 Å². The fraction of sp³-hybridized carbons (Fsp3) is 0.182. The Balaban J connectivity index is 2.47. The molecule has 19 heavy (non-hydrogen) atoms. The third kappa shape index (κ3) is 2.90. The van der Waals surface area contributed by atoms with Gasteiger partial charge < -0.3 is 9.84 Å². The van der Waals surface area contributed by atoms with Gasteiger partial charge in [0.25, 0.3) is 0 Å². The average Bonchev–Trinajstić information content (AvgIpc) is 2.38. The van der Waals surface area contributed by atoms with Gasteiger partial charge in [0, 0.05) is 11.8 Å². The predicted molar refractivity (Wildman–Crippen MR) is 71.9 cm³/mol. The largest absolute Gasteiger partial charge is 0.480 e. The number of hydrogen-bond donors (Lipinski definition) is 1. The molecule has 0 aliphatic rings. The maximum atomic E-state index is 10.3. The van der Waals surface area contributed by atoms with Crippen LogP contribution in [0.1, 0.15) is 17.4 Å². The Bertz CT molecular complexity index is 610. The first-order valence-corrected chi connectivity index (χ1v) is 6.22. The molecule has 0 amide bonds. The van der Waals surface area contributed by atoms with Crippen LogP contribution in [-0.2, 0) is 0 Å². The summed E-state index contributed by atoms with van der Waals surface area (Å²) in [5.74, 6) is 0.205. The Morgan fingerprint density at radius 3 is 2.63 bits per heavy atom. The number of aliphatic hydroxyl groups excluding tert-OH is 1. The fourth-order valence-corrected chi connectivity index (χ4v) is 2.19. The van der Waals surface area contributed by atoms with Crippen molar-refractivity contribution in [3.05, 3.63) is 45.0 Å². The van der Waals surface area contributed by atoms with E-state index in [0.29, 0.717) is 5.56 Å². The number of pyridine rings is 1. The number of hydrogen-bond acceptors (Lipinski definition) is 5. The van der Waals surface area contributed by atoms with Crippen LogP contribution in [0.5, 0.6) is 5.88 Å². The maximum Gasteiger partial charge on any atom is 0.232 e. The molecule has 0 bridgehead atoms. The number of halogens is 3. The van der Waals surface area contributed by atoms with E-state index in [1.165, 1.54) is 19.5 Å². The first-order chi connectivity index (χ1) is 9.04. The highest BCUT2D eigenvalue weighted by Gasteiger charge is 2.21. The molecule has 2 rings (SSSR count). The van der Waals surface area contributed by atoms with Gasteiger partial charge in [-0.15, -0.1) is 0 Å². The Morgan fingerprint density at radius 1 is 1.26 bits per heavy atom. The number of nitrogens with zero attached hydrogens (tertiary/aromatic N) is 3. The van der Waals surface area contributed by atoms with Gasteiger partial charge in [0.15, 0.2) is 5.15 Å². The predicted octanol–water partition coefficient (Wildman–Crippen LogP) is 2.92. The van der Waals surface area contributed by atoms with Crippen LogP contribution >= 0.6 is 34.8 Å². The molecular formula is C11H8Cl3N3O2. The summed E-state index contributed by atoms with van der Waals surface area (Å²) in [5.41, 5.74) is 0.522. The molecule has 0 aliphatic carbocycles. The van der Waals surface area contributed by atoms with Gasteiger partial charge in [-0.2, -0.15) is 0 Å². The zero-order valence-corrected chi connectivity index (χ0v) is 11.9. The first-order valence-electron chi connectivity index (χ1n) is 5.09. The van der Waals surface area contributed by atoms with E-state index in [-0.39, 0.29) is 26.9 Å². The van der Waals surface area contributed by atoms with Crippen molar-refractivity contribution in [2.24, 2.45) is 0 Å². The van der Waals surface area contributed by atoms with E-state index in [2.05, 4.69) is 15.0 Å². The minimum atomic E-state index is -1.15. The molecule has 1 N–H and O–H groups in total. The molecule has 2 heterocycles. The normalized spacial score (nSPS) is 12.3. The number of rotatable bonds is 3. The van der Waals surface area contributed by atoms with Crippen molar-refractivity contribution >= 4 is 34.8 Å². The molecule has 2 aromatic rings. The van der Waals surface area contributed by atoms with Crippen molar-refractivity contribution < 1.29 is 9.84 Å². The number of ether oxygens (including phenoxy) is 1. The molecule has 0 spiro atoms. The van der Waals surface area contributed by atoms with Gasteiger partial charge in [0.1, 0.15) is 22.0 Å². The van der Waals surface area contributed by atoms with E-state index < -0.39 is 6.10 Å². The lowest BCUT2D eigenvalue weighted by atomic mass is 10.1. The van der Waals surface area contributed by atoms with Gasteiger partial charge in [0.2, 0.25) is 5.88 Å². The van der Waals surface area contributed by atoms with Gasteiger partial charge in [0.05, 0.1) is 13.3 Å². The second-order valence-electron chi connectivity index (χ2n) is 3.49. The summed E-state index contributed by atoms with van der Waals surface area (Å²) in [6.45, 7) is 0. The van der Waals surface area contributed by atoms with Crippen molar-refractivity contribution in [3.8, 4) is 5.88 Å². The summed E-state index contributed by atoms with van der Waals surface area (Å²) in [4.78, 5) is 11.7. The maximum absolute atomic E-state index is 10.3. The quantitative estimate of drug-likeness (QED) is 0.941. The standard InChI is InChI=1S/C11H8Cl3N3O2/c1-19-11-7(13)5(2-3-15-11)9(18)8-10(14)17-6(12)4-16-8/h2-4,9,18H,1H3. The van der Waals surface area contributed by atoms with Crippen LogP contribution < -0.4 is 4.74 Å². The van der Waals surface area contributed by atoms with Crippen molar-refractivity contribution in [1.29, 1.82) is 0 Å². The molecule has 2 aromatic heterocycles. The molecule has 1 atom stereocenters. The van der Waals surface area contributed by atoms with Crippen LogP contribution in [0.2, 0.25) is 15.3 Å². The Hall–Kier alpha value is -1.14. The van der Waals surface area contributed by atoms with E-state index in [1.54, 1.807) is 6.07 Å². The zero-order valence-electron chi connectivity index (χ0n) is 9.64. The van der Waals surface area contributed by atoms with E-state index in [4.69, 9.17) is 39.5 Å². The SMILES string of the molecule is COc1nccc(C(O)c2ncc(Cl)nc2Cl)c1Cl. The molecule has 0 saturated heterocycles. The highest BCUT2D eigenvalue weighted by molar-refractivity contribution is 6.33. The lowest BCUT2D eigenvalue weighted by molar-refractivity contribution is 0.214. The average molecular weight is 321 g/mol. The van der Waals surface area contributed by atoms with Crippen molar-refractivity contribution in [1.82, 2.24) is 15.0 Å². The van der Waals surface area contributed by atoms with E-state index in [1.807, 2.05) is 0 Å². The lowest BCUT2D eigenvalue weighted by Crippen LogP contribution is -2.06. The van der Waals surface area contributed by atoms with Crippen LogP contribution in [0, 0.1) is 0 Å². The molecule has 0 aliphatic heterocycles. The molecule has 0 fully saturated rings. The summed E-state index contributed by atoms with van der Waals surface area (Å²) < 4.78 is 4.98. The fourth-order valence-electron chi connectivity index (χ4n) is 1.48. The molecule has 5 nitrogen and oxygen atoms in total. The summed E-state index contributed by atoms with van der Waals surface area (Å²) >= 11 is 17.6. The van der Waals surface area contributed by atoms with Crippen molar-refractivity contribution in [2.75, 3.05) is 7.11 Å². The van der Waals surface area contributed by atoms with Crippen LogP contribution in [0.25, 0.3) is 0 Å². The molecule has 0 radical (unpaired) electrons. The van der Waals surface area contributed by atoms with E-state index in [9.17, 15) is 5.11 Å². The van der Waals surface area contributed by atoms with E-state index in [0.717, 1.165) is 0 Å². The number of aromatic nitrogens is 3. The Morgan fingerprint density at radius 2 is 2.00 bits per heavy atom. The van der Waals surface area contributed by atoms with Crippen LogP contribution in [-0.4, -0.2) is 27.2 Å². The summed E-state index contributed by atoms with van der Waals surface area (Å²) in [5, 5.41) is 10.6. The van der Waals surface area contributed by atoms with Gasteiger partial charge >= 0.3 is 0 Å². The van der Waals surface area contributed by atoms with Gasteiger partial charge in [-0.05, 0) is 6.07 Å². The Labute approximate surface area is 124 Å². The second-order valence-corrected chi connectivity index (χ2v) is 4.62. The topological polar surface area (TPSA) is 68.1 Å². The third-order valence-electron chi connectivity index (χ3n) is 2.36. The smallest absolute Gasteiger partial charge is 0.232 e. The van der Waals surface area contributed by atoms with Crippen LogP contribution in [0.3, 0.4) is 0 Å². The second kappa shape index (κ2) is 5.88. The molecule has 8 heteroatoms.